The number of anilines is 2. The predicted molar refractivity (Wildman–Crippen MR) is 224 cm³/mol. The SMILES string of the molecule is CCOc1ccc2cc(-c3nn(CC4(O)CNC4)c4ncnc(N)c34)ccc2n1.Nc1ncnc2c1c(-c1ccc3cc(OC(F)F)ccc3c1)nn2CC1CCNCC1. The summed E-state index contributed by atoms with van der Waals surface area (Å²) in [4.78, 5) is 21.7. The number of alkyl halides is 2. The zero-order chi connectivity index (χ0) is 41.4. The molecule has 18 heteroatoms. The van der Waals surface area contributed by atoms with E-state index in [1.165, 1.54) is 18.7 Å². The number of nitrogen functional groups attached to an aromatic ring is 2. The lowest BCUT2D eigenvalue weighted by Crippen LogP contribution is -2.61. The quantitative estimate of drug-likeness (QED) is 0.120. The Labute approximate surface area is 342 Å². The van der Waals surface area contributed by atoms with Gasteiger partial charge in [-0.2, -0.15) is 19.0 Å². The second kappa shape index (κ2) is 16.2. The molecule has 0 radical (unpaired) electrons. The summed E-state index contributed by atoms with van der Waals surface area (Å²) >= 11 is 0. The van der Waals surface area contributed by atoms with Gasteiger partial charge in [-0.05, 0) is 85.9 Å². The summed E-state index contributed by atoms with van der Waals surface area (Å²) in [5.41, 5.74) is 16.9. The lowest BCUT2D eigenvalue weighted by atomic mass is 9.98. The van der Waals surface area contributed by atoms with E-state index in [0.29, 0.717) is 66.4 Å². The number of fused-ring (bicyclic) bond motifs is 4. The van der Waals surface area contributed by atoms with E-state index in [4.69, 9.17) is 26.4 Å². The molecule has 7 N–H and O–H groups in total. The van der Waals surface area contributed by atoms with Crippen molar-refractivity contribution >= 4 is 55.4 Å². The van der Waals surface area contributed by atoms with Gasteiger partial charge < -0.3 is 36.7 Å². The molecule has 2 aliphatic rings. The molecule has 0 aliphatic carbocycles. The standard InChI is InChI=1S/C22H22F2N6O.C20H21N7O2/c23-22(24)31-17-4-3-14-9-16(2-1-15(14)10-17)19-18-20(25)27-12-28-21(18)30(29-19)11-13-5-7-26-8-6-13;1-2-29-15-6-4-12-7-13(3-5-14(12)25-15)17-16-18(21)23-11-24-19(16)27(26-17)10-20(28)8-22-9-20/h1-4,9-10,12-13,22,26H,5-8,11H2,(H2,25,27,28);3-7,11,22,28H,2,8-10H2,1H3,(H2,21,23,24). The molecule has 2 saturated heterocycles. The van der Waals surface area contributed by atoms with Crippen LogP contribution in [0.4, 0.5) is 20.4 Å². The second-order valence-electron chi connectivity index (χ2n) is 15.1. The maximum atomic E-state index is 12.5. The summed E-state index contributed by atoms with van der Waals surface area (Å²) < 4.78 is 38.6. The molecule has 8 aromatic rings. The number of aromatic nitrogens is 9. The smallest absolute Gasteiger partial charge is 0.387 e. The third kappa shape index (κ3) is 7.79. The summed E-state index contributed by atoms with van der Waals surface area (Å²) in [6.07, 6.45) is 5.07. The van der Waals surface area contributed by atoms with E-state index in [-0.39, 0.29) is 5.75 Å². The molecule has 308 valence electrons. The first-order chi connectivity index (χ1) is 29.1. The van der Waals surface area contributed by atoms with Crippen LogP contribution in [0.25, 0.3) is 66.3 Å². The van der Waals surface area contributed by atoms with Gasteiger partial charge in [0.15, 0.2) is 11.3 Å². The summed E-state index contributed by atoms with van der Waals surface area (Å²) in [5, 5.41) is 30.7. The normalized spacial score (nSPS) is 15.3. The Morgan fingerprint density at radius 1 is 0.783 bits per heavy atom. The number of hydrogen-bond acceptors (Lipinski definition) is 14. The maximum absolute atomic E-state index is 12.5. The van der Waals surface area contributed by atoms with Gasteiger partial charge in [0, 0.05) is 42.2 Å². The van der Waals surface area contributed by atoms with Gasteiger partial charge in [0.1, 0.15) is 47.0 Å². The molecule has 3 aromatic carbocycles. The van der Waals surface area contributed by atoms with Gasteiger partial charge >= 0.3 is 6.61 Å². The Morgan fingerprint density at radius 2 is 1.40 bits per heavy atom. The van der Waals surface area contributed by atoms with Crippen LogP contribution in [-0.2, 0) is 13.1 Å². The third-order valence-corrected chi connectivity index (χ3v) is 10.9. The Kier molecular flexibility index (Phi) is 10.5. The lowest BCUT2D eigenvalue weighted by molar-refractivity contribution is -0.0497. The van der Waals surface area contributed by atoms with Gasteiger partial charge in [0.25, 0.3) is 0 Å². The molecule has 5 aromatic heterocycles. The summed E-state index contributed by atoms with van der Waals surface area (Å²) in [6, 6.07) is 20.3. The summed E-state index contributed by atoms with van der Waals surface area (Å²) in [6.45, 7) is 3.82. The van der Waals surface area contributed by atoms with Crippen molar-refractivity contribution in [2.45, 2.75) is 45.1 Å². The molecular weight excluding hydrogens is 773 g/mol. The van der Waals surface area contributed by atoms with Gasteiger partial charge in [0.2, 0.25) is 5.88 Å². The fourth-order valence-corrected chi connectivity index (χ4v) is 7.85. The average Bonchev–Trinajstić information content (AvgIpc) is 3.80. The van der Waals surface area contributed by atoms with Crippen LogP contribution < -0.4 is 31.6 Å². The fraction of sp³-hybridized carbons (Fsp3) is 0.310. The monoisotopic (exact) mass is 815 g/mol. The third-order valence-electron chi connectivity index (χ3n) is 10.9. The minimum absolute atomic E-state index is 0.129. The fourth-order valence-electron chi connectivity index (χ4n) is 7.85. The van der Waals surface area contributed by atoms with Crippen LogP contribution in [-0.4, -0.2) is 94.6 Å². The van der Waals surface area contributed by atoms with Gasteiger partial charge in [-0.1, -0.05) is 24.3 Å². The molecular formula is C42H43F2N13O3. The van der Waals surface area contributed by atoms with Crippen molar-refractivity contribution in [1.82, 2.24) is 55.1 Å². The van der Waals surface area contributed by atoms with E-state index >= 15 is 0 Å². The van der Waals surface area contributed by atoms with Crippen molar-refractivity contribution in [2.24, 2.45) is 5.92 Å². The van der Waals surface area contributed by atoms with Crippen molar-refractivity contribution in [3.05, 3.63) is 79.4 Å². The number of rotatable bonds is 10. The van der Waals surface area contributed by atoms with E-state index in [2.05, 4.69) is 40.3 Å². The van der Waals surface area contributed by atoms with E-state index < -0.39 is 12.2 Å². The maximum Gasteiger partial charge on any atom is 0.387 e. The Hall–Kier alpha value is -6.63. The van der Waals surface area contributed by atoms with Crippen molar-refractivity contribution in [3.63, 3.8) is 0 Å². The molecule has 16 nitrogen and oxygen atoms in total. The van der Waals surface area contributed by atoms with Crippen LogP contribution in [0.2, 0.25) is 0 Å². The molecule has 0 amide bonds. The number of ether oxygens (including phenoxy) is 2. The lowest BCUT2D eigenvalue weighted by Gasteiger charge is -2.37. The van der Waals surface area contributed by atoms with E-state index in [0.717, 1.165) is 82.0 Å². The van der Waals surface area contributed by atoms with Crippen molar-refractivity contribution in [1.29, 1.82) is 0 Å². The molecule has 0 unspecified atom stereocenters. The minimum Gasteiger partial charge on any atom is -0.478 e. The number of nitrogens with two attached hydrogens (primary N) is 2. The topological polar surface area (TPSA) is 215 Å². The van der Waals surface area contributed by atoms with Crippen LogP contribution >= 0.6 is 0 Å². The zero-order valence-corrected chi connectivity index (χ0v) is 32.7. The number of hydrogen-bond donors (Lipinski definition) is 5. The number of pyridine rings is 1. The number of benzene rings is 3. The summed E-state index contributed by atoms with van der Waals surface area (Å²) in [5.74, 6) is 2.00. The molecule has 60 heavy (non-hydrogen) atoms. The van der Waals surface area contributed by atoms with Crippen LogP contribution in [0.15, 0.2) is 79.4 Å². The van der Waals surface area contributed by atoms with Gasteiger partial charge in [-0.15, -0.1) is 0 Å². The number of β-amino-alcohol motifs (C(OH)–C–C–N with tert-alkyl or cyclic N) is 1. The van der Waals surface area contributed by atoms with E-state index in [1.54, 1.807) is 16.8 Å². The largest absolute Gasteiger partial charge is 0.478 e. The van der Waals surface area contributed by atoms with Gasteiger partial charge in [-0.25, -0.2) is 34.3 Å². The number of aliphatic hydroxyl groups is 1. The first kappa shape index (κ1) is 38.9. The van der Waals surface area contributed by atoms with Crippen LogP contribution in [0.1, 0.15) is 19.8 Å². The number of piperidine rings is 1. The van der Waals surface area contributed by atoms with Crippen molar-refractivity contribution in [3.8, 4) is 34.1 Å². The van der Waals surface area contributed by atoms with Gasteiger partial charge in [-0.3, -0.25) is 0 Å². The predicted octanol–water partition coefficient (Wildman–Crippen LogP) is 5.19. The molecule has 0 saturated carbocycles. The first-order valence-electron chi connectivity index (χ1n) is 19.8. The Bertz CT molecular complexity index is 2840. The highest BCUT2D eigenvalue weighted by Gasteiger charge is 2.36. The molecule has 7 heterocycles. The number of nitrogens with zero attached hydrogens (tertiary/aromatic N) is 9. The summed E-state index contributed by atoms with van der Waals surface area (Å²) in [7, 11) is 0. The van der Waals surface area contributed by atoms with Gasteiger partial charge in [0.05, 0.1) is 29.4 Å². The molecule has 2 aliphatic heterocycles. The minimum atomic E-state index is -2.85. The average molecular weight is 816 g/mol. The van der Waals surface area contributed by atoms with Crippen LogP contribution in [0.3, 0.4) is 0 Å². The zero-order valence-electron chi connectivity index (χ0n) is 32.7. The first-order valence-corrected chi connectivity index (χ1v) is 19.8. The highest BCUT2D eigenvalue weighted by atomic mass is 19.3. The van der Waals surface area contributed by atoms with E-state index in [9.17, 15) is 13.9 Å². The molecule has 0 atom stereocenters. The van der Waals surface area contributed by atoms with E-state index in [1.807, 2.05) is 60.1 Å². The van der Waals surface area contributed by atoms with Crippen molar-refractivity contribution in [2.75, 3.05) is 44.3 Å². The highest BCUT2D eigenvalue weighted by molar-refractivity contribution is 6.01. The van der Waals surface area contributed by atoms with Crippen LogP contribution in [0.5, 0.6) is 11.6 Å². The number of halogens is 2. The number of nitrogens with one attached hydrogen (secondary N) is 2. The highest BCUT2D eigenvalue weighted by Crippen LogP contribution is 2.35. The van der Waals surface area contributed by atoms with Crippen LogP contribution in [0, 0.1) is 5.92 Å². The molecule has 0 bridgehead atoms. The molecule has 0 spiro atoms. The molecule has 2 fully saturated rings. The Morgan fingerprint density at radius 3 is 2.07 bits per heavy atom. The molecule has 10 rings (SSSR count). The Balaban J connectivity index is 0.000000154. The second-order valence-corrected chi connectivity index (χ2v) is 15.1. The van der Waals surface area contributed by atoms with Crippen molar-refractivity contribution < 1.29 is 23.4 Å².